The number of ether oxygens (including phenoxy) is 1. The Morgan fingerprint density at radius 3 is 2.35 bits per heavy atom. The fourth-order valence-electron chi connectivity index (χ4n) is 3.31. The maximum absolute atomic E-state index is 12.0. The summed E-state index contributed by atoms with van der Waals surface area (Å²) in [5, 5.41) is 5.46. The Balaban J connectivity index is 1.67. The molecule has 8 nitrogen and oxygen atoms in total. The van der Waals surface area contributed by atoms with E-state index < -0.39 is 17.5 Å². The second-order valence-corrected chi connectivity index (χ2v) is 7.53. The van der Waals surface area contributed by atoms with Crippen molar-refractivity contribution in [1.82, 2.24) is 15.5 Å². The predicted molar refractivity (Wildman–Crippen MR) is 94.1 cm³/mol. The highest BCUT2D eigenvalue weighted by atomic mass is 16.5. The number of rotatable bonds is 6. The monoisotopic (exact) mass is 367 g/mol. The Hall–Kier alpha value is -2.12. The zero-order valence-electron chi connectivity index (χ0n) is 15.6. The van der Waals surface area contributed by atoms with Crippen LogP contribution in [0.5, 0.6) is 0 Å². The predicted octanol–water partition coefficient (Wildman–Crippen LogP) is 1.48. The Morgan fingerprint density at radius 1 is 1.15 bits per heavy atom. The molecule has 1 saturated heterocycles. The third kappa shape index (κ3) is 5.71. The summed E-state index contributed by atoms with van der Waals surface area (Å²) >= 11 is 0. The van der Waals surface area contributed by atoms with E-state index in [0.717, 1.165) is 30.6 Å². The van der Waals surface area contributed by atoms with Gasteiger partial charge in [0.2, 0.25) is 0 Å². The number of urea groups is 1. The number of nitrogens with zero attached hydrogens (tertiary/aromatic N) is 1. The van der Waals surface area contributed by atoms with Crippen molar-refractivity contribution in [3.63, 3.8) is 0 Å². The second-order valence-electron chi connectivity index (χ2n) is 7.53. The van der Waals surface area contributed by atoms with Crippen molar-refractivity contribution in [2.24, 2.45) is 0 Å². The van der Waals surface area contributed by atoms with E-state index >= 15 is 0 Å². The summed E-state index contributed by atoms with van der Waals surface area (Å²) in [4.78, 5) is 48.5. The molecule has 2 aliphatic rings. The Morgan fingerprint density at radius 2 is 1.77 bits per heavy atom. The molecule has 4 amide bonds. The number of hydrogen-bond donors (Lipinski definition) is 2. The summed E-state index contributed by atoms with van der Waals surface area (Å²) in [5.74, 6) is -1.29. The van der Waals surface area contributed by atoms with Gasteiger partial charge in [-0.25, -0.2) is 4.79 Å². The molecular formula is C18H29N3O5. The average Bonchev–Trinajstić information content (AvgIpc) is 2.74. The van der Waals surface area contributed by atoms with Crippen LogP contribution in [0.2, 0.25) is 0 Å². The molecule has 0 atom stereocenters. The topological polar surface area (TPSA) is 105 Å². The summed E-state index contributed by atoms with van der Waals surface area (Å²) in [5.41, 5.74) is -0.960. The van der Waals surface area contributed by atoms with Gasteiger partial charge in [-0.15, -0.1) is 0 Å². The largest absolute Gasteiger partial charge is 0.456 e. The lowest BCUT2D eigenvalue weighted by atomic mass is 9.97. The highest BCUT2D eigenvalue weighted by Gasteiger charge is 2.44. The van der Waals surface area contributed by atoms with Gasteiger partial charge in [0.15, 0.2) is 6.61 Å². The molecule has 1 saturated carbocycles. The van der Waals surface area contributed by atoms with Crippen LogP contribution in [-0.4, -0.2) is 53.4 Å². The molecule has 1 aliphatic heterocycles. The number of hydrogen-bond acceptors (Lipinski definition) is 5. The van der Waals surface area contributed by atoms with Crippen LogP contribution in [0.15, 0.2) is 0 Å². The van der Waals surface area contributed by atoms with Gasteiger partial charge in [-0.3, -0.25) is 19.3 Å². The van der Waals surface area contributed by atoms with Crippen LogP contribution < -0.4 is 10.6 Å². The maximum Gasteiger partial charge on any atom is 0.325 e. The van der Waals surface area contributed by atoms with E-state index in [-0.39, 0.29) is 37.4 Å². The minimum absolute atomic E-state index is 0.0584. The highest BCUT2D eigenvalue weighted by molar-refractivity contribution is 6.06. The molecule has 2 rings (SSSR count). The van der Waals surface area contributed by atoms with Gasteiger partial charge in [0.1, 0.15) is 5.54 Å². The summed E-state index contributed by atoms with van der Waals surface area (Å²) in [6.07, 6.45) is 7.64. The summed E-state index contributed by atoms with van der Waals surface area (Å²) < 4.78 is 4.96. The standard InChI is InChI=1S/C18H29N3O5/c1-18(2)16(24)21(17(25)20-18)11-10-15(23)26-12-14(22)19-13-8-6-4-3-5-7-9-13/h13H,3-12H2,1-2H3,(H,19,22)(H,20,25). The lowest BCUT2D eigenvalue weighted by molar-refractivity contribution is -0.149. The van der Waals surface area contributed by atoms with E-state index in [2.05, 4.69) is 10.6 Å². The molecule has 1 aliphatic carbocycles. The number of carbonyl (C=O) groups excluding carboxylic acids is 4. The van der Waals surface area contributed by atoms with Crippen LogP contribution in [0.25, 0.3) is 0 Å². The molecule has 0 unspecified atom stereocenters. The number of nitrogens with one attached hydrogen (secondary N) is 2. The lowest BCUT2D eigenvalue weighted by Gasteiger charge is -2.21. The fraction of sp³-hybridized carbons (Fsp3) is 0.778. The zero-order chi connectivity index (χ0) is 19.2. The molecule has 0 aromatic rings. The fourth-order valence-corrected chi connectivity index (χ4v) is 3.31. The molecule has 0 radical (unpaired) electrons. The van der Waals surface area contributed by atoms with Crippen molar-refractivity contribution >= 4 is 23.8 Å². The number of esters is 1. The SMILES string of the molecule is CC1(C)NC(=O)N(CCC(=O)OCC(=O)NC2CCCCCCC2)C1=O. The molecule has 0 spiro atoms. The quantitative estimate of drug-likeness (QED) is 0.546. The first kappa shape index (κ1) is 20.2. The molecule has 0 aromatic heterocycles. The van der Waals surface area contributed by atoms with E-state index in [1.54, 1.807) is 13.8 Å². The van der Waals surface area contributed by atoms with Gasteiger partial charge >= 0.3 is 12.0 Å². The number of imide groups is 1. The van der Waals surface area contributed by atoms with Crippen LogP contribution in [0.3, 0.4) is 0 Å². The highest BCUT2D eigenvalue weighted by Crippen LogP contribution is 2.18. The minimum Gasteiger partial charge on any atom is -0.456 e. The van der Waals surface area contributed by atoms with Crippen LogP contribution in [0.1, 0.15) is 65.2 Å². The van der Waals surface area contributed by atoms with Gasteiger partial charge in [-0.2, -0.15) is 0 Å². The zero-order valence-corrected chi connectivity index (χ0v) is 15.6. The molecule has 0 bridgehead atoms. The third-order valence-corrected chi connectivity index (χ3v) is 4.82. The normalized spacial score (nSPS) is 20.9. The first-order valence-corrected chi connectivity index (χ1v) is 9.39. The molecule has 146 valence electrons. The molecule has 2 fully saturated rings. The summed E-state index contributed by atoms with van der Waals surface area (Å²) in [6, 6.07) is -0.371. The van der Waals surface area contributed by atoms with Gasteiger partial charge in [0.05, 0.1) is 6.42 Å². The van der Waals surface area contributed by atoms with Crippen LogP contribution in [0.4, 0.5) is 4.79 Å². The molecular weight excluding hydrogens is 338 g/mol. The van der Waals surface area contributed by atoms with Gasteiger partial charge in [-0.05, 0) is 26.7 Å². The van der Waals surface area contributed by atoms with Crippen LogP contribution in [-0.2, 0) is 19.1 Å². The van der Waals surface area contributed by atoms with Crippen molar-refractivity contribution < 1.29 is 23.9 Å². The Kier molecular flexibility index (Phi) is 6.99. The molecule has 2 N–H and O–H groups in total. The molecule has 1 heterocycles. The van der Waals surface area contributed by atoms with Crippen molar-refractivity contribution in [3.8, 4) is 0 Å². The van der Waals surface area contributed by atoms with E-state index in [9.17, 15) is 19.2 Å². The number of amides is 4. The first-order chi connectivity index (χ1) is 12.3. The number of carbonyl (C=O) groups is 4. The van der Waals surface area contributed by atoms with Crippen molar-refractivity contribution in [2.75, 3.05) is 13.2 Å². The van der Waals surface area contributed by atoms with Gasteiger partial charge in [-0.1, -0.05) is 32.1 Å². The van der Waals surface area contributed by atoms with Gasteiger partial charge in [0, 0.05) is 12.6 Å². The van der Waals surface area contributed by atoms with Crippen molar-refractivity contribution in [1.29, 1.82) is 0 Å². The molecule has 26 heavy (non-hydrogen) atoms. The van der Waals surface area contributed by atoms with Gasteiger partial charge < -0.3 is 15.4 Å². The summed E-state index contributed by atoms with van der Waals surface area (Å²) in [7, 11) is 0. The van der Waals surface area contributed by atoms with Gasteiger partial charge in [0.25, 0.3) is 11.8 Å². The molecule has 0 aromatic carbocycles. The lowest BCUT2D eigenvalue weighted by Crippen LogP contribution is -2.40. The van der Waals surface area contributed by atoms with E-state index in [0.29, 0.717) is 0 Å². The smallest absolute Gasteiger partial charge is 0.325 e. The summed E-state index contributed by atoms with van der Waals surface area (Å²) in [6.45, 7) is 2.81. The Bertz CT molecular complexity index is 553. The maximum atomic E-state index is 12.0. The van der Waals surface area contributed by atoms with Crippen LogP contribution >= 0.6 is 0 Å². The second kappa shape index (κ2) is 9.00. The molecule has 8 heteroatoms. The van der Waals surface area contributed by atoms with Crippen molar-refractivity contribution in [2.45, 2.75) is 76.8 Å². The van der Waals surface area contributed by atoms with E-state index in [4.69, 9.17) is 4.74 Å². The third-order valence-electron chi connectivity index (χ3n) is 4.82. The average molecular weight is 367 g/mol. The Labute approximate surface area is 154 Å². The van der Waals surface area contributed by atoms with E-state index in [1.165, 1.54) is 19.3 Å². The first-order valence-electron chi connectivity index (χ1n) is 9.39. The minimum atomic E-state index is -0.960. The van der Waals surface area contributed by atoms with Crippen LogP contribution in [0, 0.1) is 0 Å². The van der Waals surface area contributed by atoms with E-state index in [1.807, 2.05) is 0 Å². The van der Waals surface area contributed by atoms with Crippen molar-refractivity contribution in [3.05, 3.63) is 0 Å².